The fourth-order valence-corrected chi connectivity index (χ4v) is 5.20. The van der Waals surface area contributed by atoms with Crippen LogP contribution in [0.25, 0.3) is 33.1 Å². The highest BCUT2D eigenvalue weighted by molar-refractivity contribution is 7.85. The van der Waals surface area contributed by atoms with Gasteiger partial charge in [-0.1, -0.05) is 0 Å². The van der Waals surface area contributed by atoms with Gasteiger partial charge in [-0.2, -0.15) is 13.1 Å². The van der Waals surface area contributed by atoms with Crippen molar-refractivity contribution in [2.24, 2.45) is 0 Å². The summed E-state index contributed by atoms with van der Waals surface area (Å²) in [6, 6.07) is 8.68. The van der Waals surface area contributed by atoms with Gasteiger partial charge in [-0.05, 0) is 24.3 Å². The third-order valence-corrected chi connectivity index (χ3v) is 7.36. The zero-order valence-electron chi connectivity index (χ0n) is 21.8. The molecule has 0 saturated carbocycles. The Balaban J connectivity index is 1.39. The molecule has 1 fully saturated rings. The van der Waals surface area contributed by atoms with E-state index in [2.05, 4.69) is 24.6 Å². The first-order valence-corrected chi connectivity index (χ1v) is 13.9. The number of benzene rings is 2. The Bertz CT molecular complexity index is 1540. The summed E-state index contributed by atoms with van der Waals surface area (Å²) in [4.78, 5) is 14.3. The van der Waals surface area contributed by atoms with E-state index in [1.54, 1.807) is 38.5 Å². The molecule has 208 valence electrons. The summed E-state index contributed by atoms with van der Waals surface area (Å²) < 4.78 is 54.8. The third kappa shape index (κ3) is 6.40. The number of methoxy groups -OCH3 is 2. The van der Waals surface area contributed by atoms with Crippen molar-refractivity contribution < 1.29 is 31.5 Å². The topological polar surface area (TPSA) is 137 Å². The molecule has 4 aromatic rings. The molecule has 2 N–H and O–H groups in total. The Labute approximate surface area is 226 Å². The molecule has 0 aliphatic carbocycles. The van der Waals surface area contributed by atoms with Crippen molar-refractivity contribution in [1.82, 2.24) is 24.6 Å². The quantitative estimate of drug-likeness (QED) is 0.250. The molecule has 1 saturated heterocycles. The summed E-state index contributed by atoms with van der Waals surface area (Å²) in [7, 11) is -0.830. The molecule has 0 unspecified atom stereocenters. The molecule has 2 aromatic heterocycles. The molecule has 12 nitrogen and oxygen atoms in total. The summed E-state index contributed by atoms with van der Waals surface area (Å²) in [5, 5.41) is 1.49. The lowest BCUT2D eigenvalue weighted by Gasteiger charge is -2.26. The van der Waals surface area contributed by atoms with E-state index in [0.29, 0.717) is 55.7 Å². The number of fused-ring (bicyclic) bond motifs is 2. The number of nitrogens with zero attached hydrogens (tertiary/aromatic N) is 3. The van der Waals surface area contributed by atoms with Crippen LogP contribution in [0.4, 0.5) is 0 Å². The standard InChI is InChI=1S/C26H31N5O7S/c1-34-11-12-37-25-15-23-20(14-24(25)35-2)26(29-17-28-23)21-16-27-22-4-3-18(13-19(21)22)38-39(32,33)30-5-6-31-7-9-36-10-8-31/h3-4,13-17,27,30H,5-12H2,1-2H3. The van der Waals surface area contributed by atoms with Crippen molar-refractivity contribution >= 4 is 32.1 Å². The van der Waals surface area contributed by atoms with Gasteiger partial charge in [0.05, 0.1) is 38.1 Å². The zero-order chi connectivity index (χ0) is 27.2. The first kappa shape index (κ1) is 27.1. The van der Waals surface area contributed by atoms with Crippen molar-refractivity contribution in [2.75, 3.05) is 66.8 Å². The van der Waals surface area contributed by atoms with Gasteiger partial charge in [0.2, 0.25) is 0 Å². The molecular formula is C26H31N5O7S. The lowest BCUT2D eigenvalue weighted by atomic mass is 10.0. The average Bonchev–Trinajstić information content (AvgIpc) is 3.35. The second-order valence-electron chi connectivity index (χ2n) is 8.88. The summed E-state index contributed by atoms with van der Waals surface area (Å²) in [6.07, 6.45) is 3.30. The number of morpholine rings is 1. The SMILES string of the molecule is COCCOc1cc2ncnc(-c3c[nH]c4ccc(OS(=O)(=O)NCCN5CCOCC5)cc34)c2cc1OC. The third-order valence-electron chi connectivity index (χ3n) is 6.39. The number of rotatable bonds is 12. The molecule has 0 bridgehead atoms. The Morgan fingerprint density at radius 1 is 1.05 bits per heavy atom. The molecule has 0 amide bonds. The summed E-state index contributed by atoms with van der Waals surface area (Å²) in [6.45, 7) is 4.49. The Morgan fingerprint density at radius 2 is 1.90 bits per heavy atom. The number of H-pyrrole nitrogens is 1. The van der Waals surface area contributed by atoms with Gasteiger partial charge in [0.25, 0.3) is 0 Å². The van der Waals surface area contributed by atoms with E-state index in [9.17, 15) is 8.42 Å². The average molecular weight is 558 g/mol. The van der Waals surface area contributed by atoms with Crippen molar-refractivity contribution in [2.45, 2.75) is 0 Å². The van der Waals surface area contributed by atoms with Gasteiger partial charge in [-0.25, -0.2) is 9.97 Å². The molecule has 1 aliphatic rings. The van der Waals surface area contributed by atoms with Gasteiger partial charge in [0.1, 0.15) is 18.7 Å². The van der Waals surface area contributed by atoms with Crippen LogP contribution < -0.4 is 18.4 Å². The highest BCUT2D eigenvalue weighted by Gasteiger charge is 2.18. The molecule has 0 spiro atoms. The minimum Gasteiger partial charge on any atom is -0.493 e. The first-order chi connectivity index (χ1) is 19.0. The largest absolute Gasteiger partial charge is 0.493 e. The van der Waals surface area contributed by atoms with Crippen LogP contribution in [0.5, 0.6) is 17.2 Å². The molecule has 1 aliphatic heterocycles. The van der Waals surface area contributed by atoms with Crippen LogP contribution in [0, 0.1) is 0 Å². The van der Waals surface area contributed by atoms with Gasteiger partial charge in [-0.15, -0.1) is 0 Å². The maximum Gasteiger partial charge on any atom is 0.382 e. The van der Waals surface area contributed by atoms with E-state index >= 15 is 0 Å². The molecule has 2 aromatic carbocycles. The van der Waals surface area contributed by atoms with Crippen molar-refractivity contribution in [3.8, 4) is 28.5 Å². The maximum absolute atomic E-state index is 12.6. The minimum atomic E-state index is -4.01. The summed E-state index contributed by atoms with van der Waals surface area (Å²) in [5.74, 6) is 1.27. The van der Waals surface area contributed by atoms with E-state index in [4.69, 9.17) is 23.1 Å². The highest BCUT2D eigenvalue weighted by atomic mass is 32.2. The monoisotopic (exact) mass is 557 g/mol. The number of aromatic nitrogens is 3. The smallest absolute Gasteiger partial charge is 0.382 e. The van der Waals surface area contributed by atoms with Crippen LogP contribution in [-0.2, 0) is 19.8 Å². The zero-order valence-corrected chi connectivity index (χ0v) is 22.6. The number of nitrogens with one attached hydrogen (secondary N) is 2. The van der Waals surface area contributed by atoms with Crippen molar-refractivity contribution in [3.05, 3.63) is 42.9 Å². The van der Waals surface area contributed by atoms with Crippen LogP contribution in [0.15, 0.2) is 42.9 Å². The lowest BCUT2D eigenvalue weighted by molar-refractivity contribution is 0.0390. The lowest BCUT2D eigenvalue weighted by Crippen LogP contribution is -2.42. The van der Waals surface area contributed by atoms with Crippen molar-refractivity contribution in [3.63, 3.8) is 0 Å². The van der Waals surface area contributed by atoms with Crippen LogP contribution in [0.1, 0.15) is 0 Å². The number of ether oxygens (including phenoxy) is 4. The van der Waals surface area contributed by atoms with E-state index in [1.165, 1.54) is 6.33 Å². The molecular weight excluding hydrogens is 526 g/mol. The molecule has 0 atom stereocenters. The maximum atomic E-state index is 12.6. The first-order valence-electron chi connectivity index (χ1n) is 12.5. The Kier molecular flexibility index (Phi) is 8.43. The van der Waals surface area contributed by atoms with Gasteiger partial charge in [0, 0.05) is 67.4 Å². The van der Waals surface area contributed by atoms with E-state index < -0.39 is 10.3 Å². The van der Waals surface area contributed by atoms with Crippen LogP contribution in [-0.4, -0.2) is 95.1 Å². The van der Waals surface area contributed by atoms with Gasteiger partial charge in [-0.3, -0.25) is 4.90 Å². The minimum absolute atomic E-state index is 0.187. The van der Waals surface area contributed by atoms with Gasteiger partial charge < -0.3 is 28.1 Å². The van der Waals surface area contributed by atoms with Gasteiger partial charge >= 0.3 is 10.3 Å². The van der Waals surface area contributed by atoms with Crippen LogP contribution in [0.3, 0.4) is 0 Å². The van der Waals surface area contributed by atoms with Gasteiger partial charge in [0.15, 0.2) is 11.5 Å². The van der Waals surface area contributed by atoms with Crippen LogP contribution in [0.2, 0.25) is 0 Å². The highest BCUT2D eigenvalue weighted by Crippen LogP contribution is 2.38. The molecule has 13 heteroatoms. The fourth-order valence-electron chi connectivity index (χ4n) is 4.44. The van der Waals surface area contributed by atoms with Crippen LogP contribution >= 0.6 is 0 Å². The predicted molar refractivity (Wildman–Crippen MR) is 146 cm³/mol. The second-order valence-corrected chi connectivity index (χ2v) is 10.2. The molecule has 0 radical (unpaired) electrons. The number of hydrogen-bond donors (Lipinski definition) is 2. The van der Waals surface area contributed by atoms with E-state index in [1.807, 2.05) is 12.3 Å². The molecule has 3 heterocycles. The second kappa shape index (κ2) is 12.1. The number of hydrogen-bond acceptors (Lipinski definition) is 10. The van der Waals surface area contributed by atoms with Crippen molar-refractivity contribution in [1.29, 1.82) is 0 Å². The van der Waals surface area contributed by atoms with E-state index in [0.717, 1.165) is 34.9 Å². The molecule has 39 heavy (non-hydrogen) atoms. The summed E-state index contributed by atoms with van der Waals surface area (Å²) >= 11 is 0. The fraction of sp³-hybridized carbons (Fsp3) is 0.385. The Hall–Kier alpha value is -3.49. The van der Waals surface area contributed by atoms with E-state index in [-0.39, 0.29) is 12.3 Å². The number of aromatic amines is 1. The predicted octanol–water partition coefficient (Wildman–Crippen LogP) is 2.36. The molecule has 5 rings (SSSR count). The normalized spacial score (nSPS) is 14.6. The Morgan fingerprint density at radius 3 is 2.69 bits per heavy atom. The summed E-state index contributed by atoms with van der Waals surface area (Å²) in [5.41, 5.74) is 2.88.